The van der Waals surface area contributed by atoms with Crippen molar-refractivity contribution in [2.24, 2.45) is 5.92 Å². The molecule has 19 heavy (non-hydrogen) atoms. The van der Waals surface area contributed by atoms with Gasteiger partial charge >= 0.3 is 0 Å². The molecule has 1 aromatic carbocycles. The molecule has 5 heteroatoms. The molecule has 2 rings (SSSR count). The number of hydrogen-bond donors (Lipinski definition) is 1. The van der Waals surface area contributed by atoms with Crippen molar-refractivity contribution >= 4 is 29.1 Å². The van der Waals surface area contributed by atoms with Crippen LogP contribution in [0.3, 0.4) is 0 Å². The summed E-state index contributed by atoms with van der Waals surface area (Å²) >= 11 is 6.07. The largest absolute Gasteiger partial charge is 0.352 e. The van der Waals surface area contributed by atoms with Crippen molar-refractivity contribution < 1.29 is 9.59 Å². The highest BCUT2D eigenvalue weighted by molar-refractivity contribution is 6.33. The maximum Gasteiger partial charge on any atom is 0.227 e. The van der Waals surface area contributed by atoms with Crippen LogP contribution in [0.2, 0.25) is 5.02 Å². The Bertz CT molecular complexity index is 516. The number of carbonyl (C=O) groups excluding carboxylic acids is 2. The highest BCUT2D eigenvalue weighted by atomic mass is 35.5. The number of halogens is 1. The fraction of sp³-hybridized carbons (Fsp3) is 0.286. The van der Waals surface area contributed by atoms with Crippen LogP contribution in [-0.2, 0) is 9.59 Å². The maximum absolute atomic E-state index is 12.0. The van der Waals surface area contributed by atoms with E-state index in [1.807, 2.05) is 6.07 Å². The minimum Gasteiger partial charge on any atom is -0.352 e. The van der Waals surface area contributed by atoms with Crippen LogP contribution in [0.1, 0.15) is 6.42 Å². The van der Waals surface area contributed by atoms with E-state index < -0.39 is 0 Å². The summed E-state index contributed by atoms with van der Waals surface area (Å²) in [5.74, 6) is -0.529. The van der Waals surface area contributed by atoms with Gasteiger partial charge in [-0.3, -0.25) is 9.59 Å². The predicted octanol–water partition coefficient (Wildman–Crippen LogP) is 2.00. The lowest BCUT2D eigenvalue weighted by Gasteiger charge is -2.17. The van der Waals surface area contributed by atoms with Crippen molar-refractivity contribution in [1.29, 1.82) is 0 Å². The zero-order valence-corrected chi connectivity index (χ0v) is 11.2. The van der Waals surface area contributed by atoms with Crippen LogP contribution in [0.15, 0.2) is 36.9 Å². The molecule has 2 amide bonds. The Morgan fingerprint density at radius 3 is 2.95 bits per heavy atom. The molecular weight excluding hydrogens is 264 g/mol. The van der Waals surface area contributed by atoms with Gasteiger partial charge in [-0.1, -0.05) is 29.8 Å². The molecule has 1 aromatic rings. The molecule has 0 aliphatic carbocycles. The average molecular weight is 279 g/mol. The zero-order valence-electron chi connectivity index (χ0n) is 10.4. The molecule has 1 aliphatic heterocycles. The molecular formula is C14H15ClN2O2. The molecule has 100 valence electrons. The summed E-state index contributed by atoms with van der Waals surface area (Å²) in [6.07, 6.45) is 1.83. The van der Waals surface area contributed by atoms with Gasteiger partial charge < -0.3 is 10.2 Å². The quantitative estimate of drug-likeness (QED) is 0.857. The molecule has 0 saturated carbocycles. The first-order valence-electron chi connectivity index (χ1n) is 6.07. The second-order valence-corrected chi connectivity index (χ2v) is 4.80. The highest BCUT2D eigenvalue weighted by Crippen LogP contribution is 2.30. The minimum absolute atomic E-state index is 0.0770. The number of carbonyl (C=O) groups is 2. The number of para-hydroxylation sites is 1. The van der Waals surface area contributed by atoms with Gasteiger partial charge in [-0.2, -0.15) is 0 Å². The highest BCUT2D eigenvalue weighted by Gasteiger charge is 2.35. The van der Waals surface area contributed by atoms with Crippen LogP contribution in [0.5, 0.6) is 0 Å². The van der Waals surface area contributed by atoms with E-state index in [2.05, 4.69) is 11.9 Å². The lowest BCUT2D eigenvalue weighted by atomic mass is 10.1. The SMILES string of the molecule is C=CCNC(=O)C1CC(=O)N(c2ccccc2Cl)C1. The van der Waals surface area contributed by atoms with Crippen LogP contribution in [0.25, 0.3) is 0 Å². The molecule has 1 atom stereocenters. The fourth-order valence-electron chi connectivity index (χ4n) is 2.10. The van der Waals surface area contributed by atoms with E-state index in [1.165, 1.54) is 0 Å². The van der Waals surface area contributed by atoms with Crippen molar-refractivity contribution in [1.82, 2.24) is 5.32 Å². The van der Waals surface area contributed by atoms with E-state index in [0.717, 1.165) is 0 Å². The maximum atomic E-state index is 12.0. The van der Waals surface area contributed by atoms with E-state index in [0.29, 0.717) is 23.8 Å². The number of nitrogens with zero attached hydrogens (tertiary/aromatic N) is 1. The molecule has 1 aliphatic rings. The van der Waals surface area contributed by atoms with Gasteiger partial charge in [0, 0.05) is 19.5 Å². The minimum atomic E-state index is -0.330. The first kappa shape index (κ1) is 13.6. The third-order valence-corrected chi connectivity index (χ3v) is 3.38. The average Bonchev–Trinajstić information content (AvgIpc) is 2.78. The molecule has 1 saturated heterocycles. The summed E-state index contributed by atoms with van der Waals surface area (Å²) in [4.78, 5) is 25.4. The number of amides is 2. The van der Waals surface area contributed by atoms with Gasteiger partial charge in [-0.15, -0.1) is 6.58 Å². The first-order chi connectivity index (χ1) is 9.13. The molecule has 1 fully saturated rings. The van der Waals surface area contributed by atoms with Gasteiger partial charge in [0.1, 0.15) is 0 Å². The van der Waals surface area contributed by atoms with Crippen molar-refractivity contribution in [3.63, 3.8) is 0 Å². The standard InChI is InChI=1S/C14H15ClN2O2/c1-2-7-16-14(19)10-8-13(18)17(9-10)12-6-4-3-5-11(12)15/h2-6,10H,1,7-9H2,(H,16,19). The summed E-state index contributed by atoms with van der Waals surface area (Å²) in [5.41, 5.74) is 0.660. The first-order valence-corrected chi connectivity index (χ1v) is 6.44. The van der Waals surface area contributed by atoms with E-state index in [-0.39, 0.29) is 24.2 Å². The molecule has 4 nitrogen and oxygen atoms in total. The normalized spacial score (nSPS) is 18.5. The third-order valence-electron chi connectivity index (χ3n) is 3.06. The van der Waals surface area contributed by atoms with Crippen molar-refractivity contribution in [2.45, 2.75) is 6.42 Å². The predicted molar refractivity (Wildman–Crippen MR) is 75.1 cm³/mol. The molecule has 0 bridgehead atoms. The second kappa shape index (κ2) is 5.89. The van der Waals surface area contributed by atoms with Crippen LogP contribution in [0.4, 0.5) is 5.69 Å². The molecule has 1 N–H and O–H groups in total. The van der Waals surface area contributed by atoms with Gasteiger partial charge in [-0.25, -0.2) is 0 Å². The van der Waals surface area contributed by atoms with E-state index in [1.54, 1.807) is 29.2 Å². The lowest BCUT2D eigenvalue weighted by Crippen LogP contribution is -2.33. The Labute approximate surface area is 117 Å². The van der Waals surface area contributed by atoms with Crippen LogP contribution in [0, 0.1) is 5.92 Å². The monoisotopic (exact) mass is 278 g/mol. The fourth-order valence-corrected chi connectivity index (χ4v) is 2.34. The number of benzene rings is 1. The second-order valence-electron chi connectivity index (χ2n) is 4.39. The Hall–Kier alpha value is -1.81. The topological polar surface area (TPSA) is 49.4 Å². The van der Waals surface area contributed by atoms with Gasteiger partial charge in [0.05, 0.1) is 16.6 Å². The summed E-state index contributed by atoms with van der Waals surface area (Å²) in [6.45, 7) is 4.32. The zero-order chi connectivity index (χ0) is 13.8. The van der Waals surface area contributed by atoms with Crippen molar-refractivity contribution in [3.05, 3.63) is 41.9 Å². The molecule has 1 heterocycles. The molecule has 0 spiro atoms. The van der Waals surface area contributed by atoms with E-state index in [9.17, 15) is 9.59 Å². The number of anilines is 1. The van der Waals surface area contributed by atoms with E-state index >= 15 is 0 Å². The van der Waals surface area contributed by atoms with Gasteiger partial charge in [0.25, 0.3) is 0 Å². The smallest absolute Gasteiger partial charge is 0.227 e. The summed E-state index contributed by atoms with van der Waals surface area (Å²) in [5, 5.41) is 3.23. The number of rotatable bonds is 4. The van der Waals surface area contributed by atoms with Crippen molar-refractivity contribution in [2.75, 3.05) is 18.0 Å². The van der Waals surface area contributed by atoms with Gasteiger partial charge in [0.2, 0.25) is 11.8 Å². The van der Waals surface area contributed by atoms with Crippen LogP contribution < -0.4 is 10.2 Å². The lowest BCUT2D eigenvalue weighted by molar-refractivity contribution is -0.126. The Morgan fingerprint density at radius 1 is 1.53 bits per heavy atom. The molecule has 0 aromatic heterocycles. The number of hydrogen-bond acceptors (Lipinski definition) is 2. The number of nitrogens with one attached hydrogen (secondary N) is 1. The van der Waals surface area contributed by atoms with Gasteiger partial charge in [-0.05, 0) is 12.1 Å². The van der Waals surface area contributed by atoms with Gasteiger partial charge in [0.15, 0.2) is 0 Å². The summed E-state index contributed by atoms with van der Waals surface area (Å²) in [7, 11) is 0. The Morgan fingerprint density at radius 2 is 2.26 bits per heavy atom. The third kappa shape index (κ3) is 2.96. The Kier molecular flexibility index (Phi) is 4.22. The van der Waals surface area contributed by atoms with Crippen LogP contribution >= 0.6 is 11.6 Å². The molecule has 1 unspecified atom stereocenters. The summed E-state index contributed by atoms with van der Waals surface area (Å²) in [6, 6.07) is 7.14. The summed E-state index contributed by atoms with van der Waals surface area (Å²) < 4.78 is 0. The van der Waals surface area contributed by atoms with Crippen LogP contribution in [-0.4, -0.2) is 24.9 Å². The van der Waals surface area contributed by atoms with Crippen molar-refractivity contribution in [3.8, 4) is 0 Å². The Balaban J connectivity index is 2.10. The van der Waals surface area contributed by atoms with E-state index in [4.69, 9.17) is 11.6 Å². The molecule has 0 radical (unpaired) electrons.